The van der Waals surface area contributed by atoms with E-state index < -0.39 is 6.04 Å². The van der Waals surface area contributed by atoms with Crippen molar-refractivity contribution in [3.63, 3.8) is 0 Å². The van der Waals surface area contributed by atoms with Gasteiger partial charge in [0.2, 0.25) is 0 Å². The van der Waals surface area contributed by atoms with Crippen molar-refractivity contribution < 1.29 is 14.3 Å². The fourth-order valence-corrected chi connectivity index (χ4v) is 3.56. The van der Waals surface area contributed by atoms with Gasteiger partial charge in [-0.25, -0.2) is 9.59 Å². The Kier molecular flexibility index (Phi) is 3.96. The topological polar surface area (TPSA) is 67.4 Å². The van der Waals surface area contributed by atoms with Crippen LogP contribution in [-0.4, -0.2) is 18.1 Å². The Balaban J connectivity index is 1.85. The Hall–Kier alpha value is -1.82. The van der Waals surface area contributed by atoms with E-state index in [1.807, 2.05) is 16.8 Å². The highest BCUT2D eigenvalue weighted by Gasteiger charge is 2.33. The number of thiophene rings is 1. The molecule has 0 saturated heterocycles. The van der Waals surface area contributed by atoms with Crippen LogP contribution in [0.15, 0.2) is 28.1 Å². The van der Waals surface area contributed by atoms with Crippen molar-refractivity contribution in [1.82, 2.24) is 10.6 Å². The highest BCUT2D eigenvalue weighted by molar-refractivity contribution is 7.08. The summed E-state index contributed by atoms with van der Waals surface area (Å²) in [5, 5.41) is 9.33. The summed E-state index contributed by atoms with van der Waals surface area (Å²) in [6, 6.07) is 1.19. The molecule has 1 saturated carbocycles. The molecule has 21 heavy (non-hydrogen) atoms. The Morgan fingerprint density at radius 2 is 2.14 bits per heavy atom. The first-order chi connectivity index (χ1) is 10.1. The van der Waals surface area contributed by atoms with Gasteiger partial charge in [0.25, 0.3) is 0 Å². The molecule has 2 N–H and O–H groups in total. The molecule has 6 heteroatoms. The molecule has 5 nitrogen and oxygen atoms in total. The van der Waals surface area contributed by atoms with Crippen molar-refractivity contribution in [2.24, 2.45) is 0 Å². The summed E-state index contributed by atoms with van der Waals surface area (Å²) < 4.78 is 5.60. The third-order valence-corrected chi connectivity index (χ3v) is 4.64. The van der Waals surface area contributed by atoms with Gasteiger partial charge in [0.1, 0.15) is 6.10 Å². The minimum atomic E-state index is -0.432. The average Bonchev–Trinajstić information content (AvgIpc) is 3.10. The minimum absolute atomic E-state index is 0.0125. The van der Waals surface area contributed by atoms with E-state index in [4.69, 9.17) is 4.74 Å². The van der Waals surface area contributed by atoms with Crippen LogP contribution in [-0.2, 0) is 9.53 Å². The van der Waals surface area contributed by atoms with E-state index in [0.29, 0.717) is 11.3 Å². The number of hydrogen-bond donors (Lipinski definition) is 2. The first-order valence-electron chi connectivity index (χ1n) is 7.16. The molecule has 0 bridgehead atoms. The number of urea groups is 1. The van der Waals surface area contributed by atoms with Crippen LogP contribution < -0.4 is 10.6 Å². The lowest BCUT2D eigenvalue weighted by Gasteiger charge is -2.28. The zero-order chi connectivity index (χ0) is 14.8. The van der Waals surface area contributed by atoms with Gasteiger partial charge in [0, 0.05) is 5.70 Å². The smallest absolute Gasteiger partial charge is 0.338 e. The number of amides is 2. The maximum atomic E-state index is 12.5. The molecule has 1 unspecified atom stereocenters. The predicted octanol–water partition coefficient (Wildman–Crippen LogP) is 2.86. The Labute approximate surface area is 127 Å². The number of carbonyl (C=O) groups is 2. The third-order valence-electron chi connectivity index (χ3n) is 3.94. The summed E-state index contributed by atoms with van der Waals surface area (Å²) in [7, 11) is 0. The van der Waals surface area contributed by atoms with Crippen molar-refractivity contribution in [2.45, 2.75) is 44.8 Å². The molecule has 1 fully saturated rings. The molecular formula is C15H18N2O3S. The van der Waals surface area contributed by atoms with Gasteiger partial charge in [-0.2, -0.15) is 11.3 Å². The van der Waals surface area contributed by atoms with E-state index in [9.17, 15) is 9.59 Å². The van der Waals surface area contributed by atoms with Gasteiger partial charge >= 0.3 is 12.0 Å². The molecule has 2 amide bonds. The summed E-state index contributed by atoms with van der Waals surface area (Å²) in [6.07, 6.45) is 4.10. The number of nitrogens with one attached hydrogen (secondary N) is 2. The molecule has 0 aromatic carbocycles. The molecule has 2 heterocycles. The van der Waals surface area contributed by atoms with Gasteiger partial charge in [0.15, 0.2) is 0 Å². The minimum Gasteiger partial charge on any atom is -0.459 e. The van der Waals surface area contributed by atoms with E-state index in [1.54, 1.807) is 6.92 Å². The molecule has 3 rings (SSSR count). The number of hydrogen-bond acceptors (Lipinski definition) is 4. The van der Waals surface area contributed by atoms with E-state index in [2.05, 4.69) is 10.6 Å². The molecule has 112 valence electrons. The summed E-state index contributed by atoms with van der Waals surface area (Å²) >= 11 is 1.54. The fraction of sp³-hybridized carbons (Fsp3) is 0.467. The first kappa shape index (κ1) is 14.1. The van der Waals surface area contributed by atoms with Crippen LogP contribution in [0.25, 0.3) is 0 Å². The van der Waals surface area contributed by atoms with Gasteiger partial charge in [-0.05, 0) is 55.0 Å². The van der Waals surface area contributed by atoms with Gasteiger partial charge < -0.3 is 15.4 Å². The van der Waals surface area contributed by atoms with E-state index in [1.165, 1.54) is 11.3 Å². The third kappa shape index (κ3) is 2.95. The Morgan fingerprint density at radius 1 is 1.38 bits per heavy atom. The fourth-order valence-electron chi connectivity index (χ4n) is 2.87. The number of carbonyl (C=O) groups excluding carboxylic acids is 2. The van der Waals surface area contributed by atoms with Crippen LogP contribution >= 0.6 is 11.3 Å². The van der Waals surface area contributed by atoms with Crippen LogP contribution in [0.4, 0.5) is 4.79 Å². The number of allylic oxidation sites excluding steroid dienone is 1. The molecule has 2 aliphatic rings. The lowest BCUT2D eigenvalue weighted by Crippen LogP contribution is -2.45. The van der Waals surface area contributed by atoms with Crippen molar-refractivity contribution in [3.05, 3.63) is 33.7 Å². The van der Waals surface area contributed by atoms with Crippen molar-refractivity contribution >= 4 is 23.3 Å². The summed E-state index contributed by atoms with van der Waals surface area (Å²) in [4.78, 5) is 24.2. The lowest BCUT2D eigenvalue weighted by atomic mass is 9.98. The van der Waals surface area contributed by atoms with Crippen molar-refractivity contribution in [3.8, 4) is 0 Å². The van der Waals surface area contributed by atoms with Gasteiger partial charge in [0.05, 0.1) is 11.6 Å². The van der Waals surface area contributed by atoms with Crippen LogP contribution in [0.3, 0.4) is 0 Å². The Morgan fingerprint density at radius 3 is 2.81 bits per heavy atom. The summed E-state index contributed by atoms with van der Waals surface area (Å²) in [5.41, 5.74) is 1.98. The highest BCUT2D eigenvalue weighted by atomic mass is 32.1. The van der Waals surface area contributed by atoms with Gasteiger partial charge in [-0.1, -0.05) is 0 Å². The number of ether oxygens (including phenoxy) is 1. The van der Waals surface area contributed by atoms with Crippen molar-refractivity contribution in [1.29, 1.82) is 0 Å². The predicted molar refractivity (Wildman–Crippen MR) is 79.8 cm³/mol. The molecular weight excluding hydrogens is 288 g/mol. The van der Waals surface area contributed by atoms with Crippen LogP contribution in [0.5, 0.6) is 0 Å². The summed E-state index contributed by atoms with van der Waals surface area (Å²) in [6.45, 7) is 1.74. The zero-order valence-electron chi connectivity index (χ0n) is 11.8. The molecule has 1 atom stereocenters. The quantitative estimate of drug-likeness (QED) is 0.844. The molecule has 0 radical (unpaired) electrons. The molecule has 1 aromatic rings. The second-order valence-electron chi connectivity index (χ2n) is 5.44. The number of esters is 1. The standard InChI is InChI=1S/C15H18N2O3S/c1-9-12(14(18)20-11-4-2-3-5-11)13(17-15(19)16-9)10-6-7-21-8-10/h6-8,11,13H,2-5H2,1H3,(H2,16,17,19). The lowest BCUT2D eigenvalue weighted by molar-refractivity contribution is -0.144. The molecule has 1 aromatic heterocycles. The first-order valence-corrected chi connectivity index (χ1v) is 8.11. The second kappa shape index (κ2) is 5.89. The van der Waals surface area contributed by atoms with Gasteiger partial charge in [-0.15, -0.1) is 0 Å². The maximum absolute atomic E-state index is 12.5. The van der Waals surface area contributed by atoms with E-state index in [-0.39, 0.29) is 18.1 Å². The van der Waals surface area contributed by atoms with E-state index >= 15 is 0 Å². The van der Waals surface area contributed by atoms with Crippen LogP contribution in [0.1, 0.15) is 44.2 Å². The highest BCUT2D eigenvalue weighted by Crippen LogP contribution is 2.30. The van der Waals surface area contributed by atoms with Crippen molar-refractivity contribution in [2.75, 3.05) is 0 Å². The normalized spacial score (nSPS) is 22.9. The van der Waals surface area contributed by atoms with Gasteiger partial charge in [-0.3, -0.25) is 0 Å². The SMILES string of the molecule is CC1=C(C(=O)OC2CCCC2)C(c2ccsc2)NC(=O)N1. The molecule has 1 aliphatic heterocycles. The average molecular weight is 306 g/mol. The van der Waals surface area contributed by atoms with E-state index in [0.717, 1.165) is 31.2 Å². The second-order valence-corrected chi connectivity index (χ2v) is 6.22. The van der Waals surface area contributed by atoms with Crippen LogP contribution in [0, 0.1) is 0 Å². The zero-order valence-corrected chi connectivity index (χ0v) is 12.7. The van der Waals surface area contributed by atoms with Crippen LogP contribution in [0.2, 0.25) is 0 Å². The molecule has 0 spiro atoms. The summed E-state index contributed by atoms with van der Waals surface area (Å²) in [5.74, 6) is -0.330. The Bertz CT molecular complexity index is 574. The molecule has 1 aliphatic carbocycles. The maximum Gasteiger partial charge on any atom is 0.338 e. The largest absolute Gasteiger partial charge is 0.459 e. The monoisotopic (exact) mass is 306 g/mol. The number of rotatable bonds is 3.